The van der Waals surface area contributed by atoms with Crippen molar-refractivity contribution in [2.24, 2.45) is 0 Å². The maximum Gasteiger partial charge on any atom is 0.233 e. The SMILES string of the molecule is CCN(Cc1ccc(N(C)C)cc1)C(=O)CSc1ccc(Cl)cc1. The fourth-order valence-corrected chi connectivity index (χ4v) is 3.19. The minimum atomic E-state index is 0.147. The Bertz CT molecular complexity index is 656. The third-order valence-corrected chi connectivity index (χ3v) is 4.99. The number of anilines is 1. The molecule has 0 spiro atoms. The van der Waals surface area contributed by atoms with Gasteiger partial charge in [-0.25, -0.2) is 0 Å². The lowest BCUT2D eigenvalue weighted by Gasteiger charge is -2.21. The summed E-state index contributed by atoms with van der Waals surface area (Å²) in [7, 11) is 4.04. The Labute approximate surface area is 153 Å². The summed E-state index contributed by atoms with van der Waals surface area (Å²) in [6.45, 7) is 3.36. The molecule has 128 valence electrons. The van der Waals surface area contributed by atoms with Crippen LogP contribution in [0.2, 0.25) is 5.02 Å². The van der Waals surface area contributed by atoms with Crippen molar-refractivity contribution in [1.82, 2.24) is 4.90 Å². The van der Waals surface area contributed by atoms with Crippen LogP contribution in [0.15, 0.2) is 53.4 Å². The smallest absolute Gasteiger partial charge is 0.233 e. The molecule has 2 rings (SSSR count). The predicted octanol–water partition coefficient (Wildman–Crippen LogP) is 4.55. The molecule has 0 aliphatic heterocycles. The third-order valence-electron chi connectivity index (χ3n) is 3.74. The average molecular weight is 363 g/mol. The van der Waals surface area contributed by atoms with Crippen LogP contribution in [-0.2, 0) is 11.3 Å². The van der Waals surface area contributed by atoms with Gasteiger partial charge in [0.15, 0.2) is 0 Å². The summed E-state index contributed by atoms with van der Waals surface area (Å²) in [5.74, 6) is 0.583. The fraction of sp³-hybridized carbons (Fsp3) is 0.316. The lowest BCUT2D eigenvalue weighted by atomic mass is 10.2. The van der Waals surface area contributed by atoms with Gasteiger partial charge in [0, 0.05) is 42.8 Å². The van der Waals surface area contributed by atoms with Crippen molar-refractivity contribution in [1.29, 1.82) is 0 Å². The Morgan fingerprint density at radius 2 is 1.67 bits per heavy atom. The molecule has 0 bridgehead atoms. The van der Waals surface area contributed by atoms with Gasteiger partial charge in [-0.05, 0) is 48.9 Å². The molecule has 0 aliphatic carbocycles. The second-order valence-corrected chi connectivity index (χ2v) is 7.20. The van der Waals surface area contributed by atoms with Gasteiger partial charge < -0.3 is 9.80 Å². The van der Waals surface area contributed by atoms with Crippen LogP contribution in [0.4, 0.5) is 5.69 Å². The molecule has 3 nitrogen and oxygen atoms in total. The number of hydrogen-bond acceptors (Lipinski definition) is 3. The molecule has 0 atom stereocenters. The number of rotatable bonds is 7. The standard InChI is InChI=1S/C19H23ClN2OS/c1-4-22(13-15-5-9-17(10-6-15)21(2)3)19(23)14-24-18-11-7-16(20)8-12-18/h5-12H,4,13-14H2,1-3H3. The monoisotopic (exact) mass is 362 g/mol. The van der Waals surface area contributed by atoms with Crippen LogP contribution in [0.3, 0.4) is 0 Å². The maximum atomic E-state index is 12.5. The van der Waals surface area contributed by atoms with Crippen LogP contribution >= 0.6 is 23.4 Å². The van der Waals surface area contributed by atoms with Crippen molar-refractivity contribution < 1.29 is 4.79 Å². The molecular formula is C19H23ClN2OS. The lowest BCUT2D eigenvalue weighted by molar-refractivity contribution is -0.128. The zero-order valence-corrected chi connectivity index (χ0v) is 15.9. The summed E-state index contributed by atoms with van der Waals surface area (Å²) < 4.78 is 0. The van der Waals surface area contributed by atoms with Gasteiger partial charge in [-0.3, -0.25) is 4.79 Å². The van der Waals surface area contributed by atoms with E-state index in [2.05, 4.69) is 29.2 Å². The summed E-state index contributed by atoms with van der Waals surface area (Å²) >= 11 is 7.42. The van der Waals surface area contributed by atoms with Crippen LogP contribution in [0.1, 0.15) is 12.5 Å². The Kier molecular flexibility index (Phi) is 7.00. The number of hydrogen-bond donors (Lipinski definition) is 0. The molecule has 0 heterocycles. The number of carbonyl (C=O) groups is 1. The zero-order chi connectivity index (χ0) is 17.5. The molecular weight excluding hydrogens is 340 g/mol. The van der Waals surface area contributed by atoms with E-state index in [0.29, 0.717) is 23.9 Å². The summed E-state index contributed by atoms with van der Waals surface area (Å²) in [4.78, 5) is 17.5. The van der Waals surface area contributed by atoms with E-state index in [1.807, 2.05) is 50.2 Å². The largest absolute Gasteiger partial charge is 0.378 e. The molecule has 0 radical (unpaired) electrons. The maximum absolute atomic E-state index is 12.5. The first-order valence-electron chi connectivity index (χ1n) is 7.92. The van der Waals surface area contributed by atoms with Gasteiger partial charge in [0.1, 0.15) is 0 Å². The first-order chi connectivity index (χ1) is 11.5. The molecule has 1 amide bonds. The van der Waals surface area contributed by atoms with Crippen LogP contribution in [-0.4, -0.2) is 37.2 Å². The van der Waals surface area contributed by atoms with Crippen molar-refractivity contribution in [3.8, 4) is 0 Å². The number of amides is 1. The Balaban J connectivity index is 1.92. The summed E-state index contributed by atoms with van der Waals surface area (Å²) in [5, 5.41) is 0.710. The van der Waals surface area contributed by atoms with Crippen molar-refractivity contribution in [3.05, 3.63) is 59.1 Å². The van der Waals surface area contributed by atoms with Gasteiger partial charge in [-0.1, -0.05) is 23.7 Å². The number of thioether (sulfide) groups is 1. The van der Waals surface area contributed by atoms with Gasteiger partial charge in [-0.15, -0.1) is 11.8 Å². The molecule has 0 saturated heterocycles. The number of benzene rings is 2. The molecule has 2 aromatic rings. The van der Waals surface area contributed by atoms with Crippen LogP contribution in [0, 0.1) is 0 Å². The summed E-state index contributed by atoms with van der Waals surface area (Å²) in [6, 6.07) is 15.9. The molecule has 0 N–H and O–H groups in total. The molecule has 24 heavy (non-hydrogen) atoms. The molecule has 0 unspecified atom stereocenters. The summed E-state index contributed by atoms with van der Waals surface area (Å²) in [5.41, 5.74) is 2.30. The number of carbonyl (C=O) groups excluding carboxylic acids is 1. The minimum absolute atomic E-state index is 0.147. The van der Waals surface area contributed by atoms with Crippen LogP contribution in [0.5, 0.6) is 0 Å². The Morgan fingerprint density at radius 3 is 2.21 bits per heavy atom. The molecule has 0 aliphatic rings. The fourth-order valence-electron chi connectivity index (χ4n) is 2.26. The van der Waals surface area contributed by atoms with Crippen LogP contribution in [0.25, 0.3) is 0 Å². The van der Waals surface area contributed by atoms with Crippen molar-refractivity contribution >= 4 is 35.0 Å². The highest BCUT2D eigenvalue weighted by atomic mass is 35.5. The highest BCUT2D eigenvalue weighted by Gasteiger charge is 2.12. The van der Waals surface area contributed by atoms with E-state index in [1.54, 1.807) is 11.8 Å². The first-order valence-corrected chi connectivity index (χ1v) is 9.28. The van der Waals surface area contributed by atoms with Gasteiger partial charge in [-0.2, -0.15) is 0 Å². The van der Waals surface area contributed by atoms with E-state index in [1.165, 1.54) is 0 Å². The van der Waals surface area contributed by atoms with Gasteiger partial charge >= 0.3 is 0 Å². The Morgan fingerprint density at radius 1 is 1.04 bits per heavy atom. The quantitative estimate of drug-likeness (QED) is 0.675. The van der Waals surface area contributed by atoms with Gasteiger partial charge in [0.25, 0.3) is 0 Å². The number of nitrogens with zero attached hydrogens (tertiary/aromatic N) is 2. The summed E-state index contributed by atoms with van der Waals surface area (Å²) in [6.07, 6.45) is 0. The van der Waals surface area contributed by atoms with E-state index in [-0.39, 0.29) is 5.91 Å². The normalized spacial score (nSPS) is 10.5. The first kappa shape index (κ1) is 18.7. The second-order valence-electron chi connectivity index (χ2n) is 5.71. The molecule has 0 fully saturated rings. The molecule has 0 saturated carbocycles. The Hall–Kier alpha value is -1.65. The topological polar surface area (TPSA) is 23.6 Å². The highest BCUT2D eigenvalue weighted by Crippen LogP contribution is 2.21. The highest BCUT2D eigenvalue weighted by molar-refractivity contribution is 8.00. The van der Waals surface area contributed by atoms with E-state index in [0.717, 1.165) is 16.1 Å². The lowest BCUT2D eigenvalue weighted by Crippen LogP contribution is -2.31. The molecule has 0 aromatic heterocycles. The second kappa shape index (κ2) is 9.00. The van der Waals surface area contributed by atoms with E-state index in [4.69, 9.17) is 11.6 Å². The van der Waals surface area contributed by atoms with E-state index >= 15 is 0 Å². The average Bonchev–Trinajstić information content (AvgIpc) is 2.59. The zero-order valence-electron chi connectivity index (χ0n) is 14.3. The van der Waals surface area contributed by atoms with Crippen molar-refractivity contribution in [3.63, 3.8) is 0 Å². The minimum Gasteiger partial charge on any atom is -0.378 e. The van der Waals surface area contributed by atoms with E-state index in [9.17, 15) is 4.79 Å². The van der Waals surface area contributed by atoms with Gasteiger partial charge in [0.05, 0.1) is 5.75 Å². The van der Waals surface area contributed by atoms with E-state index < -0.39 is 0 Å². The third kappa shape index (κ3) is 5.46. The molecule has 2 aromatic carbocycles. The number of halogens is 1. The van der Waals surface area contributed by atoms with Crippen LogP contribution < -0.4 is 4.90 Å². The molecule has 5 heteroatoms. The van der Waals surface area contributed by atoms with Gasteiger partial charge in [0.2, 0.25) is 5.91 Å². The van der Waals surface area contributed by atoms with Crippen molar-refractivity contribution in [2.75, 3.05) is 31.3 Å². The predicted molar refractivity (Wildman–Crippen MR) is 104 cm³/mol. The van der Waals surface area contributed by atoms with Crippen molar-refractivity contribution in [2.45, 2.75) is 18.4 Å².